The molecular weight excluding hydrogens is 302 g/mol. The molecule has 1 saturated carbocycles. The van der Waals surface area contributed by atoms with Gasteiger partial charge < -0.3 is 0 Å². The summed E-state index contributed by atoms with van der Waals surface area (Å²) in [4.78, 5) is 4.21. The van der Waals surface area contributed by atoms with Crippen molar-refractivity contribution in [3.8, 4) is 0 Å². The lowest BCUT2D eigenvalue weighted by Crippen LogP contribution is -2.31. The molecule has 0 aromatic carbocycles. The number of aliphatic imine (C=N–C) groups is 1. The molecule has 16 heavy (non-hydrogen) atoms. The first-order valence-corrected chi connectivity index (χ1v) is 7.63. The van der Waals surface area contributed by atoms with Crippen molar-refractivity contribution in [1.82, 2.24) is 0 Å². The number of hydrogen-bond acceptors (Lipinski definition) is 3. The lowest BCUT2D eigenvalue weighted by molar-refractivity contribution is 0.302. The largest absolute Gasteiger partial charge is 0.232 e. The Bertz CT molecular complexity index is 401. The Morgan fingerprint density at radius 2 is 2.19 bits per heavy atom. The van der Waals surface area contributed by atoms with Crippen molar-refractivity contribution in [2.75, 3.05) is 6.54 Å². The van der Waals surface area contributed by atoms with E-state index in [4.69, 9.17) is 12.2 Å². The molecule has 0 bridgehead atoms. The molecule has 1 aromatic heterocycles. The Morgan fingerprint density at radius 3 is 2.75 bits per heavy atom. The lowest BCUT2D eigenvalue weighted by Gasteiger charge is -2.35. The van der Waals surface area contributed by atoms with Gasteiger partial charge in [-0.1, -0.05) is 19.3 Å². The third-order valence-electron chi connectivity index (χ3n) is 3.44. The fourth-order valence-corrected chi connectivity index (χ4v) is 3.88. The zero-order chi connectivity index (χ0) is 11.4. The zero-order valence-corrected chi connectivity index (χ0v) is 12.3. The van der Waals surface area contributed by atoms with Crippen molar-refractivity contribution in [3.63, 3.8) is 0 Å². The van der Waals surface area contributed by atoms with Crippen LogP contribution in [0.25, 0.3) is 0 Å². The van der Waals surface area contributed by atoms with Gasteiger partial charge in [0.05, 0.1) is 15.5 Å². The van der Waals surface area contributed by atoms with Crippen molar-refractivity contribution in [2.24, 2.45) is 4.99 Å². The van der Waals surface area contributed by atoms with Gasteiger partial charge in [-0.25, -0.2) is 4.99 Å². The lowest BCUT2D eigenvalue weighted by atomic mass is 9.70. The molecule has 1 nitrogen and oxygen atoms in total. The minimum absolute atomic E-state index is 0.229. The van der Waals surface area contributed by atoms with E-state index in [1.165, 1.54) is 41.5 Å². The summed E-state index contributed by atoms with van der Waals surface area (Å²) in [5.41, 5.74) is 1.66. The van der Waals surface area contributed by atoms with E-state index in [0.717, 1.165) is 6.54 Å². The van der Waals surface area contributed by atoms with Gasteiger partial charge >= 0.3 is 0 Å². The summed E-state index contributed by atoms with van der Waals surface area (Å²) in [6.07, 6.45) is 6.43. The highest BCUT2D eigenvalue weighted by Crippen LogP contribution is 2.42. The number of thiocarbonyl (C=S) groups is 1. The van der Waals surface area contributed by atoms with Gasteiger partial charge in [0.2, 0.25) is 0 Å². The molecule has 1 heterocycles. The van der Waals surface area contributed by atoms with Gasteiger partial charge in [0.15, 0.2) is 0 Å². The Morgan fingerprint density at radius 1 is 1.44 bits per heavy atom. The summed E-state index contributed by atoms with van der Waals surface area (Å²) >= 11 is 10.0. The van der Waals surface area contributed by atoms with Crippen LogP contribution in [0, 0.1) is 0 Å². The molecule has 0 N–H and O–H groups in total. The van der Waals surface area contributed by atoms with E-state index in [-0.39, 0.29) is 5.41 Å². The third kappa shape index (κ3) is 2.62. The number of nitrogens with zero attached hydrogens (tertiary/aromatic N) is 1. The maximum Gasteiger partial charge on any atom is 0.0701 e. The topological polar surface area (TPSA) is 12.4 Å². The number of isothiocyanates is 1. The Labute approximate surface area is 114 Å². The van der Waals surface area contributed by atoms with Crippen molar-refractivity contribution in [1.29, 1.82) is 0 Å². The molecule has 1 aromatic rings. The molecule has 0 saturated heterocycles. The Kier molecular flexibility index (Phi) is 4.31. The summed E-state index contributed by atoms with van der Waals surface area (Å²) in [5.74, 6) is 0. The van der Waals surface area contributed by atoms with E-state index >= 15 is 0 Å². The van der Waals surface area contributed by atoms with Crippen LogP contribution in [0.3, 0.4) is 0 Å². The number of rotatable bonds is 3. The van der Waals surface area contributed by atoms with Gasteiger partial charge in [0, 0.05) is 5.41 Å². The van der Waals surface area contributed by atoms with Crippen LogP contribution in [-0.4, -0.2) is 11.7 Å². The molecule has 86 valence electrons. The van der Waals surface area contributed by atoms with Gasteiger partial charge in [-0.2, -0.15) is 0 Å². The second-order valence-corrected chi connectivity index (χ2v) is 6.86. The highest BCUT2D eigenvalue weighted by atomic mass is 79.9. The highest BCUT2D eigenvalue weighted by molar-refractivity contribution is 9.11. The van der Waals surface area contributed by atoms with Crippen LogP contribution in [0.5, 0.6) is 0 Å². The Balaban J connectivity index is 2.28. The van der Waals surface area contributed by atoms with Crippen LogP contribution in [0.2, 0.25) is 0 Å². The van der Waals surface area contributed by atoms with E-state index in [1.807, 2.05) is 0 Å². The van der Waals surface area contributed by atoms with E-state index in [9.17, 15) is 0 Å². The van der Waals surface area contributed by atoms with Gasteiger partial charge in [-0.15, -0.1) is 11.3 Å². The van der Waals surface area contributed by atoms with E-state index < -0.39 is 0 Å². The molecule has 0 aliphatic heterocycles. The monoisotopic (exact) mass is 315 g/mol. The molecule has 0 unspecified atom stereocenters. The molecule has 0 atom stereocenters. The summed E-state index contributed by atoms with van der Waals surface area (Å²) in [6, 6.07) is 2.24. The maximum atomic E-state index is 4.70. The molecule has 1 aliphatic carbocycles. The average Bonchev–Trinajstić information content (AvgIpc) is 2.75. The fourth-order valence-electron chi connectivity index (χ4n) is 2.54. The minimum Gasteiger partial charge on any atom is -0.232 e. The van der Waals surface area contributed by atoms with Crippen LogP contribution in [0.1, 0.15) is 37.7 Å². The average molecular weight is 316 g/mol. The van der Waals surface area contributed by atoms with Crippen molar-refractivity contribution in [3.05, 3.63) is 20.8 Å². The van der Waals surface area contributed by atoms with Gasteiger partial charge in [0.25, 0.3) is 0 Å². The number of hydrogen-bond donors (Lipinski definition) is 0. The standard InChI is InChI=1S/C12H14BrNS2/c13-11-6-10(7-16-11)12(8-14-9-15)4-2-1-3-5-12/h6-7H,1-5,8H2. The van der Waals surface area contributed by atoms with Gasteiger partial charge in [-0.05, 0) is 58.0 Å². The normalized spacial score (nSPS) is 19.1. The predicted molar refractivity (Wildman–Crippen MR) is 76.7 cm³/mol. The molecule has 1 fully saturated rings. The van der Waals surface area contributed by atoms with Crippen molar-refractivity contribution in [2.45, 2.75) is 37.5 Å². The first kappa shape index (κ1) is 12.4. The van der Waals surface area contributed by atoms with E-state index in [0.29, 0.717) is 0 Å². The summed E-state index contributed by atoms with van der Waals surface area (Å²) in [6.45, 7) is 0.805. The summed E-state index contributed by atoms with van der Waals surface area (Å²) in [5, 5.41) is 4.77. The minimum atomic E-state index is 0.229. The second-order valence-electron chi connectivity index (χ2n) is 4.39. The first-order chi connectivity index (χ1) is 7.77. The Hall–Kier alpha value is -0.0200. The summed E-state index contributed by atoms with van der Waals surface area (Å²) in [7, 11) is 0. The molecule has 4 heteroatoms. The molecule has 2 rings (SSSR count). The first-order valence-electron chi connectivity index (χ1n) is 5.55. The quantitative estimate of drug-likeness (QED) is 0.575. The molecule has 0 radical (unpaired) electrons. The maximum absolute atomic E-state index is 4.70. The fraction of sp³-hybridized carbons (Fsp3) is 0.583. The van der Waals surface area contributed by atoms with Crippen LogP contribution in [0.15, 0.2) is 20.2 Å². The molecule has 0 amide bonds. The van der Waals surface area contributed by atoms with Gasteiger partial charge in [-0.3, -0.25) is 0 Å². The second kappa shape index (κ2) is 5.54. The molecule has 0 spiro atoms. The molecular formula is C12H14BrNS2. The SMILES string of the molecule is S=C=NCC1(c2csc(Br)c2)CCCCC1. The smallest absolute Gasteiger partial charge is 0.0701 e. The predicted octanol–water partition coefficient (Wildman–Crippen LogP) is 4.82. The molecule has 1 aliphatic rings. The number of thiophene rings is 1. The van der Waals surface area contributed by atoms with Crippen molar-refractivity contribution >= 4 is 44.6 Å². The zero-order valence-electron chi connectivity index (χ0n) is 9.04. The van der Waals surface area contributed by atoms with Crippen LogP contribution in [0.4, 0.5) is 0 Å². The van der Waals surface area contributed by atoms with Gasteiger partial charge in [0.1, 0.15) is 0 Å². The summed E-state index contributed by atoms with van der Waals surface area (Å²) < 4.78 is 1.21. The van der Waals surface area contributed by atoms with Crippen LogP contribution >= 0.6 is 39.5 Å². The van der Waals surface area contributed by atoms with E-state index in [1.54, 1.807) is 11.3 Å². The van der Waals surface area contributed by atoms with E-state index in [2.05, 4.69) is 37.5 Å². The van der Waals surface area contributed by atoms with Crippen molar-refractivity contribution < 1.29 is 0 Å². The third-order valence-corrected chi connectivity index (χ3v) is 5.07. The number of halogens is 1. The highest BCUT2D eigenvalue weighted by Gasteiger charge is 2.34. The van der Waals surface area contributed by atoms with Crippen LogP contribution < -0.4 is 0 Å². The van der Waals surface area contributed by atoms with Crippen LogP contribution in [-0.2, 0) is 5.41 Å².